The highest BCUT2D eigenvalue weighted by Gasteiger charge is 2.04. The van der Waals surface area contributed by atoms with Crippen LogP contribution in [0.4, 0.5) is 5.69 Å². The van der Waals surface area contributed by atoms with E-state index in [1.807, 2.05) is 6.07 Å². The van der Waals surface area contributed by atoms with Gasteiger partial charge in [-0.05, 0) is 12.0 Å². The molecule has 82 valence electrons. The minimum atomic E-state index is -0.403. The molecule has 0 heterocycles. The van der Waals surface area contributed by atoms with E-state index in [1.165, 1.54) is 6.07 Å². The first-order chi connectivity index (χ1) is 7.24. The second-order valence-electron chi connectivity index (χ2n) is 2.99. The van der Waals surface area contributed by atoms with Crippen molar-refractivity contribution in [2.45, 2.75) is 6.42 Å². The molecule has 0 fully saturated rings. The molecule has 0 spiro atoms. The van der Waals surface area contributed by atoms with Crippen LogP contribution in [0.5, 0.6) is 0 Å². The second kappa shape index (κ2) is 6.10. The third-order valence-electron chi connectivity index (χ3n) is 1.86. The molecule has 0 aromatic heterocycles. The highest BCUT2D eigenvalue weighted by molar-refractivity contribution is 5.34. The molecule has 0 aliphatic carbocycles. The molecule has 0 atom stereocenters. The number of hydrogen-bond donors (Lipinski definition) is 0. The maximum absolute atomic E-state index is 10.5. The van der Waals surface area contributed by atoms with Gasteiger partial charge in [0.2, 0.25) is 0 Å². The van der Waals surface area contributed by atoms with Crippen molar-refractivity contribution in [3.05, 3.63) is 39.9 Å². The largest absolute Gasteiger partial charge is 0.359 e. The van der Waals surface area contributed by atoms with Crippen molar-refractivity contribution in [1.29, 1.82) is 0 Å². The fourth-order valence-corrected chi connectivity index (χ4v) is 1.16. The van der Waals surface area contributed by atoms with Crippen molar-refractivity contribution in [1.82, 2.24) is 0 Å². The lowest BCUT2D eigenvalue weighted by Crippen LogP contribution is -2.01. The molecule has 15 heavy (non-hydrogen) atoms. The molecular weight excluding hydrogens is 198 g/mol. The van der Waals surface area contributed by atoms with E-state index in [1.54, 1.807) is 19.2 Å². The Kier molecular flexibility index (Phi) is 4.73. The van der Waals surface area contributed by atoms with Crippen LogP contribution in [0.3, 0.4) is 0 Å². The summed E-state index contributed by atoms with van der Waals surface area (Å²) in [5.74, 6) is 0. The van der Waals surface area contributed by atoms with Gasteiger partial charge >= 0.3 is 0 Å². The molecule has 5 nitrogen and oxygen atoms in total. The Bertz CT molecular complexity index is 327. The molecule has 0 unspecified atom stereocenters. The number of nitro benzene ring substituents is 1. The van der Waals surface area contributed by atoms with Crippen LogP contribution in [0.2, 0.25) is 0 Å². The zero-order valence-corrected chi connectivity index (χ0v) is 8.51. The predicted octanol–water partition coefficient (Wildman–Crippen LogP) is 1.76. The van der Waals surface area contributed by atoms with Crippen LogP contribution >= 0.6 is 0 Å². The molecule has 0 radical (unpaired) electrons. The molecule has 5 heteroatoms. The highest BCUT2D eigenvalue weighted by atomic mass is 16.7. The van der Waals surface area contributed by atoms with E-state index in [9.17, 15) is 10.1 Å². The van der Waals surface area contributed by atoms with Gasteiger partial charge in [0, 0.05) is 19.2 Å². The van der Waals surface area contributed by atoms with Gasteiger partial charge in [0.1, 0.15) is 6.79 Å². The number of nitro groups is 1. The molecule has 0 amide bonds. The Hall–Kier alpha value is -1.46. The SMILES string of the molecule is COCOCCc1cccc([N+](=O)[O-])c1. The standard InChI is InChI=1S/C10H13NO4/c1-14-8-15-6-5-9-3-2-4-10(7-9)11(12)13/h2-4,7H,5-6,8H2,1H3. The Morgan fingerprint density at radius 1 is 1.47 bits per heavy atom. The van der Waals surface area contributed by atoms with Crippen LogP contribution in [-0.2, 0) is 15.9 Å². The van der Waals surface area contributed by atoms with Crippen molar-refractivity contribution in [3.8, 4) is 0 Å². The molecule has 0 saturated heterocycles. The van der Waals surface area contributed by atoms with Gasteiger partial charge in [-0.25, -0.2) is 0 Å². The van der Waals surface area contributed by atoms with Gasteiger partial charge in [0.05, 0.1) is 11.5 Å². The number of ether oxygens (including phenoxy) is 2. The molecule has 1 rings (SSSR count). The Morgan fingerprint density at radius 3 is 2.93 bits per heavy atom. The summed E-state index contributed by atoms with van der Waals surface area (Å²) >= 11 is 0. The molecule has 1 aromatic rings. The van der Waals surface area contributed by atoms with Gasteiger partial charge in [-0.15, -0.1) is 0 Å². The van der Waals surface area contributed by atoms with Crippen LogP contribution in [-0.4, -0.2) is 25.4 Å². The first-order valence-electron chi connectivity index (χ1n) is 4.54. The zero-order chi connectivity index (χ0) is 11.1. The maximum Gasteiger partial charge on any atom is 0.269 e. The van der Waals surface area contributed by atoms with E-state index in [0.717, 1.165) is 5.56 Å². The van der Waals surface area contributed by atoms with Crippen LogP contribution in [0, 0.1) is 10.1 Å². The van der Waals surface area contributed by atoms with E-state index in [-0.39, 0.29) is 12.5 Å². The molecule has 0 N–H and O–H groups in total. The summed E-state index contributed by atoms with van der Waals surface area (Å²) in [6.45, 7) is 0.740. The van der Waals surface area contributed by atoms with Crippen molar-refractivity contribution in [2.24, 2.45) is 0 Å². The minimum Gasteiger partial charge on any atom is -0.359 e. The molecular formula is C10H13NO4. The average Bonchev–Trinajstić information content (AvgIpc) is 2.25. The van der Waals surface area contributed by atoms with Gasteiger partial charge in [-0.1, -0.05) is 12.1 Å². The van der Waals surface area contributed by atoms with Crippen LogP contribution in [0.25, 0.3) is 0 Å². The minimum absolute atomic E-state index is 0.110. The summed E-state index contributed by atoms with van der Waals surface area (Å²) in [5.41, 5.74) is 1.000. The Labute approximate surface area is 87.8 Å². The van der Waals surface area contributed by atoms with E-state index in [0.29, 0.717) is 13.0 Å². The van der Waals surface area contributed by atoms with Gasteiger partial charge in [0.15, 0.2) is 0 Å². The second-order valence-corrected chi connectivity index (χ2v) is 2.99. The molecule has 1 aromatic carbocycles. The van der Waals surface area contributed by atoms with Crippen LogP contribution in [0.15, 0.2) is 24.3 Å². The first kappa shape index (κ1) is 11.6. The predicted molar refractivity (Wildman–Crippen MR) is 54.6 cm³/mol. The lowest BCUT2D eigenvalue weighted by atomic mass is 10.1. The first-order valence-corrected chi connectivity index (χ1v) is 4.54. The summed E-state index contributed by atoms with van der Waals surface area (Å²) in [5, 5.41) is 10.5. The van der Waals surface area contributed by atoms with Crippen molar-refractivity contribution >= 4 is 5.69 Å². The third-order valence-corrected chi connectivity index (χ3v) is 1.86. The normalized spacial score (nSPS) is 10.2. The van der Waals surface area contributed by atoms with E-state index in [4.69, 9.17) is 9.47 Å². The van der Waals surface area contributed by atoms with Gasteiger partial charge in [-0.2, -0.15) is 0 Å². The number of non-ortho nitro benzene ring substituents is 1. The summed E-state index contributed by atoms with van der Waals surface area (Å²) in [4.78, 5) is 10.1. The molecule has 0 aliphatic heterocycles. The number of rotatable bonds is 6. The fraction of sp³-hybridized carbons (Fsp3) is 0.400. The Balaban J connectivity index is 2.47. The summed E-state index contributed by atoms with van der Waals surface area (Å²) in [6.07, 6.45) is 0.644. The van der Waals surface area contributed by atoms with Crippen molar-refractivity contribution < 1.29 is 14.4 Å². The van der Waals surface area contributed by atoms with E-state index in [2.05, 4.69) is 0 Å². The molecule has 0 aliphatic rings. The average molecular weight is 211 g/mol. The lowest BCUT2D eigenvalue weighted by Gasteiger charge is -2.02. The van der Waals surface area contributed by atoms with Gasteiger partial charge < -0.3 is 9.47 Å². The summed E-state index contributed by atoms with van der Waals surface area (Å²) < 4.78 is 9.81. The topological polar surface area (TPSA) is 61.6 Å². The fourth-order valence-electron chi connectivity index (χ4n) is 1.16. The van der Waals surface area contributed by atoms with Crippen LogP contribution < -0.4 is 0 Å². The summed E-state index contributed by atoms with van der Waals surface area (Å²) in [6, 6.07) is 6.53. The Morgan fingerprint density at radius 2 is 2.27 bits per heavy atom. The molecule has 0 saturated carbocycles. The lowest BCUT2D eigenvalue weighted by molar-refractivity contribution is -0.384. The zero-order valence-electron chi connectivity index (χ0n) is 8.51. The number of methoxy groups -OCH3 is 1. The van der Waals surface area contributed by atoms with Crippen molar-refractivity contribution in [2.75, 3.05) is 20.5 Å². The van der Waals surface area contributed by atoms with Gasteiger partial charge in [0.25, 0.3) is 5.69 Å². The monoisotopic (exact) mass is 211 g/mol. The van der Waals surface area contributed by atoms with Gasteiger partial charge in [-0.3, -0.25) is 10.1 Å². The van der Waals surface area contributed by atoms with E-state index >= 15 is 0 Å². The van der Waals surface area contributed by atoms with Crippen LogP contribution in [0.1, 0.15) is 5.56 Å². The quantitative estimate of drug-likeness (QED) is 0.311. The molecule has 0 bridgehead atoms. The summed E-state index contributed by atoms with van der Waals surface area (Å²) in [7, 11) is 1.55. The maximum atomic E-state index is 10.5. The highest BCUT2D eigenvalue weighted by Crippen LogP contribution is 2.13. The van der Waals surface area contributed by atoms with E-state index < -0.39 is 4.92 Å². The van der Waals surface area contributed by atoms with Crippen molar-refractivity contribution in [3.63, 3.8) is 0 Å². The number of benzene rings is 1. The number of nitrogens with zero attached hydrogens (tertiary/aromatic N) is 1. The third kappa shape index (κ3) is 4.05. The smallest absolute Gasteiger partial charge is 0.269 e. The number of hydrogen-bond acceptors (Lipinski definition) is 4.